The van der Waals surface area contributed by atoms with Gasteiger partial charge in [-0.05, 0) is 18.9 Å². The minimum Gasteiger partial charge on any atom is -0.349 e. The van der Waals surface area contributed by atoms with Crippen molar-refractivity contribution < 1.29 is 19.2 Å². The number of ether oxygens (including phenoxy) is 2. The van der Waals surface area contributed by atoms with Crippen molar-refractivity contribution in [3.05, 3.63) is 38.9 Å². The van der Waals surface area contributed by atoms with Crippen LogP contribution in [0.5, 0.6) is 0 Å². The summed E-state index contributed by atoms with van der Waals surface area (Å²) >= 11 is 5.95. The molecule has 3 rings (SSSR count). The molecule has 1 aliphatic carbocycles. The van der Waals surface area contributed by atoms with Crippen LogP contribution in [0.15, 0.2) is 18.2 Å². The standard InChI is InChI=1S/C15H17ClN2O5/c16-13-4-3-10(18(20)21)7-12(13)14(19)17-8-11-9-22-15(23-11)5-1-2-6-15/h3-4,7,11H,1-2,5-6,8-9H2,(H,17,19). The highest BCUT2D eigenvalue weighted by molar-refractivity contribution is 6.33. The minimum absolute atomic E-state index is 0.0790. The molecule has 1 heterocycles. The van der Waals surface area contributed by atoms with E-state index in [-0.39, 0.29) is 28.9 Å². The maximum atomic E-state index is 12.2. The molecule has 1 unspecified atom stereocenters. The lowest BCUT2D eigenvalue weighted by molar-refractivity contribution is -0.384. The first kappa shape index (κ1) is 16.2. The number of halogens is 1. The van der Waals surface area contributed by atoms with E-state index in [0.717, 1.165) is 25.7 Å². The van der Waals surface area contributed by atoms with Gasteiger partial charge in [0.2, 0.25) is 0 Å². The second-order valence-electron chi connectivity index (χ2n) is 5.80. The number of nitro benzene ring substituents is 1. The van der Waals surface area contributed by atoms with Gasteiger partial charge >= 0.3 is 0 Å². The Labute approximate surface area is 138 Å². The molecule has 2 aliphatic rings. The van der Waals surface area contributed by atoms with Gasteiger partial charge in [-0.25, -0.2) is 0 Å². The summed E-state index contributed by atoms with van der Waals surface area (Å²) in [6, 6.07) is 3.77. The van der Waals surface area contributed by atoms with Crippen LogP contribution in [0.25, 0.3) is 0 Å². The summed E-state index contributed by atoms with van der Waals surface area (Å²) < 4.78 is 11.6. The topological polar surface area (TPSA) is 90.7 Å². The zero-order valence-corrected chi connectivity index (χ0v) is 13.2. The highest BCUT2D eigenvalue weighted by Crippen LogP contribution is 2.39. The smallest absolute Gasteiger partial charge is 0.270 e. The number of amides is 1. The van der Waals surface area contributed by atoms with E-state index in [9.17, 15) is 14.9 Å². The van der Waals surface area contributed by atoms with Gasteiger partial charge in [0.1, 0.15) is 6.10 Å². The van der Waals surface area contributed by atoms with Crippen LogP contribution < -0.4 is 5.32 Å². The van der Waals surface area contributed by atoms with E-state index in [2.05, 4.69) is 5.32 Å². The Kier molecular flexibility index (Phi) is 4.52. The molecule has 8 heteroatoms. The molecule has 1 saturated carbocycles. The molecule has 0 aromatic heterocycles. The normalized spacial score (nSPS) is 22.4. The summed E-state index contributed by atoms with van der Waals surface area (Å²) in [5, 5.41) is 13.7. The summed E-state index contributed by atoms with van der Waals surface area (Å²) in [7, 11) is 0. The third kappa shape index (κ3) is 3.46. The largest absolute Gasteiger partial charge is 0.349 e. The molecular formula is C15H17ClN2O5. The number of nitrogens with zero attached hydrogens (tertiary/aromatic N) is 1. The van der Waals surface area contributed by atoms with Crippen molar-refractivity contribution in [2.75, 3.05) is 13.2 Å². The number of hydrogen-bond acceptors (Lipinski definition) is 5. The third-order valence-corrected chi connectivity index (χ3v) is 4.50. The number of hydrogen-bond donors (Lipinski definition) is 1. The molecule has 1 aromatic rings. The van der Waals surface area contributed by atoms with Gasteiger partial charge in [-0.3, -0.25) is 14.9 Å². The van der Waals surface area contributed by atoms with Crippen molar-refractivity contribution in [2.45, 2.75) is 37.6 Å². The molecule has 1 N–H and O–H groups in total. The van der Waals surface area contributed by atoms with E-state index >= 15 is 0 Å². The number of carbonyl (C=O) groups is 1. The van der Waals surface area contributed by atoms with Crippen molar-refractivity contribution in [3.8, 4) is 0 Å². The minimum atomic E-state index is -0.565. The Hall–Kier alpha value is -1.70. The van der Waals surface area contributed by atoms with Crippen molar-refractivity contribution in [3.63, 3.8) is 0 Å². The number of carbonyl (C=O) groups excluding carboxylic acids is 1. The maximum Gasteiger partial charge on any atom is 0.270 e. The number of benzene rings is 1. The predicted octanol–water partition coefficient (Wildman–Crippen LogP) is 2.66. The Balaban J connectivity index is 1.60. The molecule has 1 aromatic carbocycles. The van der Waals surface area contributed by atoms with Crippen LogP contribution in [0.2, 0.25) is 5.02 Å². The SMILES string of the molecule is O=C(NCC1COC2(CCCC2)O1)c1cc([N+](=O)[O-])ccc1Cl. The molecular weight excluding hydrogens is 324 g/mol. The molecule has 1 spiro atoms. The molecule has 1 atom stereocenters. The first-order chi connectivity index (χ1) is 11.0. The van der Waals surface area contributed by atoms with Crippen LogP contribution in [0.1, 0.15) is 36.0 Å². The fraction of sp³-hybridized carbons (Fsp3) is 0.533. The van der Waals surface area contributed by atoms with Gasteiger partial charge in [-0.1, -0.05) is 11.6 Å². The van der Waals surface area contributed by atoms with Gasteiger partial charge in [-0.2, -0.15) is 0 Å². The van der Waals surface area contributed by atoms with E-state index < -0.39 is 16.6 Å². The summed E-state index contributed by atoms with van der Waals surface area (Å²) in [6.07, 6.45) is 3.72. The zero-order valence-electron chi connectivity index (χ0n) is 12.4. The quantitative estimate of drug-likeness (QED) is 0.672. The maximum absolute atomic E-state index is 12.2. The molecule has 124 valence electrons. The lowest BCUT2D eigenvalue weighted by atomic mass is 10.2. The van der Waals surface area contributed by atoms with Crippen molar-refractivity contribution >= 4 is 23.2 Å². The summed E-state index contributed by atoms with van der Waals surface area (Å²) in [5.74, 6) is -0.937. The van der Waals surface area contributed by atoms with Crippen LogP contribution in [0, 0.1) is 10.1 Å². The zero-order chi connectivity index (χ0) is 16.4. The Morgan fingerprint density at radius 2 is 2.17 bits per heavy atom. The summed E-state index contributed by atoms with van der Waals surface area (Å²) in [6.45, 7) is 0.711. The van der Waals surface area contributed by atoms with Gasteiger partial charge in [0.05, 0.1) is 22.1 Å². The number of nitro groups is 1. The first-order valence-corrected chi connectivity index (χ1v) is 7.91. The lowest BCUT2D eigenvalue weighted by Crippen LogP contribution is -2.35. The van der Waals surface area contributed by atoms with Gasteiger partial charge < -0.3 is 14.8 Å². The molecule has 1 saturated heterocycles. The van der Waals surface area contributed by atoms with Gasteiger partial charge in [-0.15, -0.1) is 0 Å². The predicted molar refractivity (Wildman–Crippen MR) is 82.5 cm³/mol. The fourth-order valence-corrected chi connectivity index (χ4v) is 3.20. The third-order valence-electron chi connectivity index (χ3n) is 4.17. The summed E-state index contributed by atoms with van der Waals surface area (Å²) in [4.78, 5) is 22.4. The highest BCUT2D eigenvalue weighted by Gasteiger charge is 2.43. The lowest BCUT2D eigenvalue weighted by Gasteiger charge is -2.22. The van der Waals surface area contributed by atoms with Crippen LogP contribution in [-0.4, -0.2) is 35.9 Å². The molecule has 23 heavy (non-hydrogen) atoms. The number of rotatable bonds is 4. The Morgan fingerprint density at radius 3 is 2.87 bits per heavy atom. The average molecular weight is 341 g/mol. The van der Waals surface area contributed by atoms with E-state index in [4.69, 9.17) is 21.1 Å². The molecule has 0 radical (unpaired) electrons. The molecule has 0 bridgehead atoms. The first-order valence-electron chi connectivity index (χ1n) is 7.53. The van der Waals surface area contributed by atoms with Crippen LogP contribution in [0.3, 0.4) is 0 Å². The van der Waals surface area contributed by atoms with E-state index in [1.54, 1.807) is 0 Å². The highest BCUT2D eigenvalue weighted by atomic mass is 35.5. The van der Waals surface area contributed by atoms with E-state index in [0.29, 0.717) is 6.61 Å². The second kappa shape index (κ2) is 6.43. The van der Waals surface area contributed by atoms with Crippen LogP contribution >= 0.6 is 11.6 Å². The van der Waals surface area contributed by atoms with Crippen LogP contribution in [-0.2, 0) is 9.47 Å². The van der Waals surface area contributed by atoms with E-state index in [1.807, 2.05) is 0 Å². The summed E-state index contributed by atoms with van der Waals surface area (Å²) in [5.41, 5.74) is -0.0970. The van der Waals surface area contributed by atoms with Gasteiger partial charge in [0, 0.05) is 31.5 Å². The monoisotopic (exact) mass is 340 g/mol. The number of non-ortho nitro benzene ring substituents is 1. The molecule has 1 aliphatic heterocycles. The average Bonchev–Trinajstić information content (AvgIpc) is 3.15. The van der Waals surface area contributed by atoms with Crippen molar-refractivity contribution in [2.24, 2.45) is 0 Å². The van der Waals surface area contributed by atoms with E-state index in [1.165, 1.54) is 18.2 Å². The molecule has 1 amide bonds. The fourth-order valence-electron chi connectivity index (χ4n) is 3.00. The van der Waals surface area contributed by atoms with Crippen molar-refractivity contribution in [1.82, 2.24) is 5.32 Å². The second-order valence-corrected chi connectivity index (χ2v) is 6.21. The van der Waals surface area contributed by atoms with Gasteiger partial charge in [0.25, 0.3) is 11.6 Å². The van der Waals surface area contributed by atoms with Gasteiger partial charge in [0.15, 0.2) is 5.79 Å². The Morgan fingerprint density at radius 1 is 1.43 bits per heavy atom. The van der Waals surface area contributed by atoms with Crippen LogP contribution in [0.4, 0.5) is 5.69 Å². The molecule has 2 fully saturated rings. The molecule has 7 nitrogen and oxygen atoms in total. The number of nitrogens with one attached hydrogen (secondary N) is 1. The van der Waals surface area contributed by atoms with Crippen molar-refractivity contribution in [1.29, 1.82) is 0 Å². The Bertz CT molecular complexity index is 630.